The molecule has 1 saturated carbocycles. The van der Waals surface area contributed by atoms with Crippen LogP contribution in [-0.4, -0.2) is 30.3 Å². The van der Waals surface area contributed by atoms with Crippen LogP contribution in [0.25, 0.3) is 0 Å². The average Bonchev–Trinajstić information content (AvgIpc) is 3.02. The number of carbonyl (C=O) groups excluding carboxylic acids is 1. The summed E-state index contributed by atoms with van der Waals surface area (Å²) in [6.45, 7) is 5.09. The maximum Gasteiger partial charge on any atom is 0.186 e. The molecule has 2 unspecified atom stereocenters. The van der Waals surface area contributed by atoms with E-state index in [9.17, 15) is 4.79 Å². The number of likely N-dealkylation sites (tertiary alicyclic amines) is 1. The quantitative estimate of drug-likeness (QED) is 0.777. The Balaban J connectivity index is 1.58. The molecule has 0 amide bonds. The Kier molecular flexibility index (Phi) is 3.53. The molecule has 2 heterocycles. The molecule has 18 heavy (non-hydrogen) atoms. The van der Waals surface area contributed by atoms with Gasteiger partial charge in [-0.1, -0.05) is 13.3 Å². The lowest BCUT2D eigenvalue weighted by Gasteiger charge is -2.14. The van der Waals surface area contributed by atoms with E-state index in [2.05, 4.69) is 17.9 Å². The molecular formula is C15H21NOS. The summed E-state index contributed by atoms with van der Waals surface area (Å²) >= 11 is 1.67. The van der Waals surface area contributed by atoms with Gasteiger partial charge in [-0.3, -0.25) is 9.69 Å². The number of Topliss-reactive ketones (excluding diaryl/α,β-unsaturated/α-hetero) is 1. The molecule has 2 aliphatic rings. The summed E-state index contributed by atoms with van der Waals surface area (Å²) in [5, 5.41) is 0. The molecule has 2 nitrogen and oxygen atoms in total. The number of ketones is 1. The monoisotopic (exact) mass is 263 g/mol. The van der Waals surface area contributed by atoms with Crippen LogP contribution in [0.15, 0.2) is 12.1 Å². The number of thiophene rings is 1. The van der Waals surface area contributed by atoms with Gasteiger partial charge in [0.05, 0.1) is 11.4 Å². The summed E-state index contributed by atoms with van der Waals surface area (Å²) in [5.74, 6) is 2.08. The molecule has 3 heteroatoms. The maximum absolute atomic E-state index is 12.2. The van der Waals surface area contributed by atoms with Crippen LogP contribution in [0.3, 0.4) is 0 Å². The maximum atomic E-state index is 12.2. The highest BCUT2D eigenvalue weighted by Crippen LogP contribution is 2.37. The van der Waals surface area contributed by atoms with Gasteiger partial charge >= 0.3 is 0 Å². The number of rotatable bonds is 4. The molecule has 98 valence electrons. The molecule has 2 atom stereocenters. The van der Waals surface area contributed by atoms with E-state index < -0.39 is 0 Å². The van der Waals surface area contributed by atoms with Crippen molar-refractivity contribution < 1.29 is 4.79 Å². The normalized spacial score (nSPS) is 27.6. The Hall–Kier alpha value is -0.670. The zero-order chi connectivity index (χ0) is 12.5. The fraction of sp³-hybridized carbons (Fsp3) is 0.667. The van der Waals surface area contributed by atoms with E-state index in [1.807, 2.05) is 6.07 Å². The first kappa shape index (κ1) is 12.4. The third-order valence-electron chi connectivity index (χ3n) is 4.45. The summed E-state index contributed by atoms with van der Waals surface area (Å²) in [4.78, 5) is 16.9. The molecule has 1 aliphatic carbocycles. The van der Waals surface area contributed by atoms with Crippen molar-refractivity contribution in [3.05, 3.63) is 21.9 Å². The summed E-state index contributed by atoms with van der Waals surface area (Å²) in [6.07, 6.45) is 5.20. The number of hydrogen-bond acceptors (Lipinski definition) is 3. The Bertz CT molecular complexity index is 427. The summed E-state index contributed by atoms with van der Waals surface area (Å²) in [5.41, 5.74) is 0. The largest absolute Gasteiger partial charge is 0.295 e. The Morgan fingerprint density at radius 2 is 2.06 bits per heavy atom. The van der Waals surface area contributed by atoms with Crippen molar-refractivity contribution in [3.63, 3.8) is 0 Å². The highest BCUT2D eigenvalue weighted by molar-refractivity contribution is 7.14. The van der Waals surface area contributed by atoms with Crippen molar-refractivity contribution in [2.24, 2.45) is 11.8 Å². The lowest BCUT2D eigenvalue weighted by atomic mass is 10.0. The first-order chi connectivity index (χ1) is 8.76. The fourth-order valence-corrected chi connectivity index (χ4v) is 4.34. The summed E-state index contributed by atoms with van der Waals surface area (Å²) in [7, 11) is 0. The van der Waals surface area contributed by atoms with Crippen LogP contribution in [0.5, 0.6) is 0 Å². The van der Waals surface area contributed by atoms with Gasteiger partial charge in [-0.05, 0) is 43.2 Å². The summed E-state index contributed by atoms with van der Waals surface area (Å²) < 4.78 is 0. The van der Waals surface area contributed by atoms with Gasteiger partial charge in [0.1, 0.15) is 0 Å². The first-order valence-corrected chi connectivity index (χ1v) is 7.92. The minimum atomic E-state index is 0.319. The van der Waals surface area contributed by atoms with Gasteiger partial charge in [0.15, 0.2) is 5.78 Å². The van der Waals surface area contributed by atoms with E-state index in [1.54, 1.807) is 11.3 Å². The van der Waals surface area contributed by atoms with Crippen LogP contribution in [-0.2, 0) is 6.42 Å². The lowest BCUT2D eigenvalue weighted by Crippen LogP contribution is -2.28. The molecule has 0 bridgehead atoms. The predicted octanol–water partition coefficient (Wildman–Crippen LogP) is 3.23. The van der Waals surface area contributed by atoms with Crippen molar-refractivity contribution in [2.75, 3.05) is 19.6 Å². The molecule has 1 aromatic heterocycles. The predicted molar refractivity (Wildman–Crippen MR) is 75.3 cm³/mol. The minimum absolute atomic E-state index is 0.319. The highest BCUT2D eigenvalue weighted by atomic mass is 32.1. The smallest absolute Gasteiger partial charge is 0.186 e. The van der Waals surface area contributed by atoms with Crippen molar-refractivity contribution >= 4 is 17.1 Å². The van der Waals surface area contributed by atoms with E-state index in [0.29, 0.717) is 12.3 Å². The van der Waals surface area contributed by atoms with Crippen molar-refractivity contribution in [2.45, 2.75) is 32.6 Å². The number of carbonyl (C=O) groups is 1. The zero-order valence-electron chi connectivity index (χ0n) is 11.0. The third kappa shape index (κ3) is 2.39. The van der Waals surface area contributed by atoms with E-state index in [0.717, 1.165) is 36.2 Å². The van der Waals surface area contributed by atoms with E-state index >= 15 is 0 Å². The van der Waals surface area contributed by atoms with Gasteiger partial charge in [0.25, 0.3) is 0 Å². The van der Waals surface area contributed by atoms with Crippen LogP contribution in [0, 0.1) is 11.8 Å². The van der Waals surface area contributed by atoms with E-state index in [4.69, 9.17) is 0 Å². The lowest BCUT2D eigenvalue weighted by molar-refractivity contribution is 0.0945. The van der Waals surface area contributed by atoms with Gasteiger partial charge in [0.2, 0.25) is 0 Å². The van der Waals surface area contributed by atoms with Gasteiger partial charge in [0, 0.05) is 18.0 Å². The molecule has 3 rings (SSSR count). The number of aryl methyl sites for hydroxylation is 1. The fourth-order valence-electron chi connectivity index (χ4n) is 3.46. The highest BCUT2D eigenvalue weighted by Gasteiger charge is 2.36. The zero-order valence-corrected chi connectivity index (χ0v) is 11.8. The average molecular weight is 263 g/mol. The third-order valence-corrected chi connectivity index (χ3v) is 5.72. The van der Waals surface area contributed by atoms with Crippen molar-refractivity contribution in [1.29, 1.82) is 0 Å². The standard InChI is InChI=1S/C15H21NOS/c1-2-13-6-7-15(18-13)14(17)10-16-8-11-4-3-5-12(11)9-16/h6-7,11-12H,2-5,8-10H2,1H3. The second-order valence-electron chi connectivity index (χ2n) is 5.69. The molecule has 0 radical (unpaired) electrons. The van der Waals surface area contributed by atoms with Crippen molar-refractivity contribution in [1.82, 2.24) is 4.90 Å². The number of fused-ring (bicyclic) bond motifs is 1. The Labute approximate surface area is 113 Å². The SMILES string of the molecule is CCc1ccc(C(=O)CN2CC3CCCC3C2)s1. The second kappa shape index (κ2) is 5.14. The minimum Gasteiger partial charge on any atom is -0.295 e. The van der Waals surface area contributed by atoms with Crippen LogP contribution in [0.2, 0.25) is 0 Å². The topological polar surface area (TPSA) is 20.3 Å². The molecule has 0 aromatic carbocycles. The molecular weight excluding hydrogens is 242 g/mol. The summed E-state index contributed by atoms with van der Waals surface area (Å²) in [6, 6.07) is 4.10. The van der Waals surface area contributed by atoms with Crippen LogP contribution < -0.4 is 0 Å². The van der Waals surface area contributed by atoms with E-state index in [1.165, 1.54) is 24.1 Å². The molecule has 0 N–H and O–H groups in total. The van der Waals surface area contributed by atoms with Crippen LogP contribution in [0.4, 0.5) is 0 Å². The van der Waals surface area contributed by atoms with Crippen LogP contribution >= 0.6 is 11.3 Å². The van der Waals surface area contributed by atoms with Crippen LogP contribution in [0.1, 0.15) is 40.7 Å². The molecule has 1 aromatic rings. The Morgan fingerprint density at radius 3 is 2.67 bits per heavy atom. The number of nitrogens with zero attached hydrogens (tertiary/aromatic N) is 1. The van der Waals surface area contributed by atoms with Gasteiger partial charge in [-0.2, -0.15) is 0 Å². The molecule has 1 saturated heterocycles. The molecule has 0 spiro atoms. The molecule has 1 aliphatic heterocycles. The Morgan fingerprint density at radius 1 is 1.33 bits per heavy atom. The number of hydrogen-bond donors (Lipinski definition) is 0. The molecule has 2 fully saturated rings. The van der Waals surface area contributed by atoms with Gasteiger partial charge < -0.3 is 0 Å². The van der Waals surface area contributed by atoms with E-state index in [-0.39, 0.29) is 0 Å². The first-order valence-electron chi connectivity index (χ1n) is 7.10. The second-order valence-corrected chi connectivity index (χ2v) is 6.86. The van der Waals surface area contributed by atoms with Crippen molar-refractivity contribution in [3.8, 4) is 0 Å². The van der Waals surface area contributed by atoms with Gasteiger partial charge in [-0.25, -0.2) is 0 Å². The van der Waals surface area contributed by atoms with Gasteiger partial charge in [-0.15, -0.1) is 11.3 Å².